The summed E-state index contributed by atoms with van der Waals surface area (Å²) in [5.41, 5.74) is 0. The first-order valence-corrected chi connectivity index (χ1v) is 4.44. The summed E-state index contributed by atoms with van der Waals surface area (Å²) in [5.74, 6) is 0.455. The molecule has 0 bridgehead atoms. The predicted octanol–water partition coefficient (Wildman–Crippen LogP) is 1.55. The minimum absolute atomic E-state index is 0.455. The van der Waals surface area contributed by atoms with Crippen LogP contribution in [0.4, 0.5) is 0 Å². The van der Waals surface area contributed by atoms with Crippen LogP contribution < -0.4 is 0 Å². The summed E-state index contributed by atoms with van der Waals surface area (Å²) in [6, 6.07) is 0. The van der Waals surface area contributed by atoms with Crippen molar-refractivity contribution < 1.29 is 10.2 Å². The van der Waals surface area contributed by atoms with Crippen molar-refractivity contribution in [2.75, 3.05) is 0 Å². The van der Waals surface area contributed by atoms with E-state index in [1.807, 2.05) is 20.8 Å². The highest BCUT2D eigenvalue weighted by atomic mass is 16.3. The molecule has 0 rings (SSSR count). The fourth-order valence-corrected chi connectivity index (χ4v) is 1.13. The Balaban J connectivity index is 3.54. The van der Waals surface area contributed by atoms with Crippen molar-refractivity contribution >= 4 is 0 Å². The minimum atomic E-state index is -0.532. The lowest BCUT2D eigenvalue weighted by atomic mass is 9.99. The van der Waals surface area contributed by atoms with Gasteiger partial charge in [-0.25, -0.2) is 0 Å². The molecule has 0 saturated heterocycles. The second kappa shape index (κ2) is 5.56. The smallest absolute Gasteiger partial charge is 0.0801 e. The summed E-state index contributed by atoms with van der Waals surface area (Å²) in [7, 11) is 0. The first-order valence-electron chi connectivity index (χ1n) is 4.44. The maximum Gasteiger partial charge on any atom is 0.0801 e. The van der Waals surface area contributed by atoms with Gasteiger partial charge in [0.05, 0.1) is 12.2 Å². The van der Waals surface area contributed by atoms with E-state index in [9.17, 15) is 10.2 Å². The van der Waals surface area contributed by atoms with Crippen molar-refractivity contribution in [1.29, 1.82) is 0 Å². The molecule has 0 heterocycles. The summed E-state index contributed by atoms with van der Waals surface area (Å²) >= 11 is 0. The van der Waals surface area contributed by atoms with Gasteiger partial charge in [0, 0.05) is 0 Å². The molecule has 0 aromatic rings. The van der Waals surface area contributed by atoms with Crippen molar-refractivity contribution in [3.05, 3.63) is 0 Å². The lowest BCUT2D eigenvalue weighted by molar-refractivity contribution is 0.00280. The molecule has 0 aliphatic heterocycles. The Morgan fingerprint density at radius 1 is 1.09 bits per heavy atom. The maximum absolute atomic E-state index is 9.37. The molecule has 11 heavy (non-hydrogen) atoms. The van der Waals surface area contributed by atoms with Crippen molar-refractivity contribution in [3.8, 4) is 0 Å². The Labute approximate surface area is 69.2 Å². The van der Waals surface area contributed by atoms with E-state index in [0.717, 1.165) is 6.42 Å². The van der Waals surface area contributed by atoms with Gasteiger partial charge in [0.25, 0.3) is 0 Å². The zero-order valence-electron chi connectivity index (χ0n) is 7.75. The van der Waals surface area contributed by atoms with Gasteiger partial charge < -0.3 is 10.2 Å². The molecule has 2 nitrogen and oxygen atoms in total. The van der Waals surface area contributed by atoms with Crippen molar-refractivity contribution in [3.63, 3.8) is 0 Å². The van der Waals surface area contributed by atoms with Crippen LogP contribution in [0.1, 0.15) is 40.0 Å². The summed E-state index contributed by atoms with van der Waals surface area (Å²) in [5, 5.41) is 18.7. The van der Waals surface area contributed by atoms with Gasteiger partial charge in [-0.15, -0.1) is 0 Å². The van der Waals surface area contributed by atoms with Crippen LogP contribution in [0.15, 0.2) is 0 Å². The van der Waals surface area contributed by atoms with Crippen molar-refractivity contribution in [1.82, 2.24) is 0 Å². The largest absolute Gasteiger partial charge is 0.390 e. The number of rotatable bonds is 5. The van der Waals surface area contributed by atoms with Crippen LogP contribution in [0.3, 0.4) is 0 Å². The first-order chi connectivity index (χ1) is 5.07. The number of hydrogen-bond donors (Lipinski definition) is 2. The van der Waals surface area contributed by atoms with E-state index in [1.165, 1.54) is 0 Å². The van der Waals surface area contributed by atoms with Gasteiger partial charge in [-0.05, 0) is 18.8 Å². The van der Waals surface area contributed by atoms with Gasteiger partial charge in [-0.2, -0.15) is 0 Å². The Kier molecular flexibility index (Phi) is 5.51. The number of aliphatic hydroxyl groups is 2. The minimum Gasteiger partial charge on any atom is -0.390 e. The zero-order chi connectivity index (χ0) is 8.85. The van der Waals surface area contributed by atoms with Crippen LogP contribution in [0.5, 0.6) is 0 Å². The molecule has 0 fully saturated rings. The second-order valence-corrected chi connectivity index (χ2v) is 3.55. The molecule has 2 heteroatoms. The van der Waals surface area contributed by atoms with Gasteiger partial charge in [0.1, 0.15) is 0 Å². The van der Waals surface area contributed by atoms with Gasteiger partial charge in [-0.1, -0.05) is 27.2 Å². The normalized spacial score (nSPS) is 16.9. The van der Waals surface area contributed by atoms with Gasteiger partial charge in [0.2, 0.25) is 0 Å². The predicted molar refractivity (Wildman–Crippen MR) is 46.4 cm³/mol. The molecule has 0 saturated carbocycles. The summed E-state index contributed by atoms with van der Waals surface area (Å²) < 4.78 is 0. The van der Waals surface area contributed by atoms with Gasteiger partial charge >= 0.3 is 0 Å². The van der Waals surface area contributed by atoms with Crippen LogP contribution >= 0.6 is 0 Å². The third-order valence-corrected chi connectivity index (χ3v) is 1.74. The standard InChI is InChI=1S/C9H20O2/c1-4-5-8(10)9(11)6-7(2)3/h7-11H,4-6H2,1-3H3. The highest BCUT2D eigenvalue weighted by Crippen LogP contribution is 2.11. The average molecular weight is 160 g/mol. The molecular weight excluding hydrogens is 140 g/mol. The Morgan fingerprint density at radius 3 is 2.00 bits per heavy atom. The monoisotopic (exact) mass is 160 g/mol. The Bertz CT molecular complexity index is 91.6. The molecular formula is C9H20O2. The summed E-state index contributed by atoms with van der Waals surface area (Å²) in [6.45, 7) is 6.09. The Hall–Kier alpha value is -0.0800. The molecule has 2 unspecified atom stereocenters. The van der Waals surface area contributed by atoms with E-state index in [0.29, 0.717) is 18.8 Å². The van der Waals surface area contributed by atoms with Gasteiger partial charge in [0.15, 0.2) is 0 Å². The van der Waals surface area contributed by atoms with E-state index in [1.54, 1.807) is 0 Å². The SMILES string of the molecule is CCCC(O)C(O)CC(C)C. The van der Waals surface area contributed by atoms with E-state index in [-0.39, 0.29) is 0 Å². The molecule has 0 radical (unpaired) electrons. The van der Waals surface area contributed by atoms with Gasteiger partial charge in [-0.3, -0.25) is 0 Å². The van der Waals surface area contributed by atoms with E-state index >= 15 is 0 Å². The first kappa shape index (κ1) is 10.9. The molecule has 0 aromatic heterocycles. The highest BCUT2D eigenvalue weighted by molar-refractivity contribution is 4.67. The second-order valence-electron chi connectivity index (χ2n) is 3.55. The summed E-state index contributed by atoms with van der Waals surface area (Å²) in [4.78, 5) is 0. The van der Waals surface area contributed by atoms with Crippen LogP contribution in [-0.2, 0) is 0 Å². The fraction of sp³-hybridized carbons (Fsp3) is 1.00. The lowest BCUT2D eigenvalue weighted by Gasteiger charge is -2.18. The third kappa shape index (κ3) is 5.22. The molecule has 0 aromatic carbocycles. The molecule has 0 amide bonds. The van der Waals surface area contributed by atoms with E-state index in [4.69, 9.17) is 0 Å². The maximum atomic E-state index is 9.37. The molecule has 0 spiro atoms. The number of aliphatic hydroxyl groups excluding tert-OH is 2. The summed E-state index contributed by atoms with van der Waals surface area (Å²) in [6.07, 6.45) is 1.27. The average Bonchev–Trinajstić information content (AvgIpc) is 1.86. The zero-order valence-corrected chi connectivity index (χ0v) is 7.75. The fourth-order valence-electron chi connectivity index (χ4n) is 1.13. The molecule has 0 aliphatic rings. The molecule has 68 valence electrons. The highest BCUT2D eigenvalue weighted by Gasteiger charge is 2.15. The quantitative estimate of drug-likeness (QED) is 0.640. The molecule has 0 aliphatic carbocycles. The molecule has 2 atom stereocenters. The third-order valence-electron chi connectivity index (χ3n) is 1.74. The Morgan fingerprint density at radius 2 is 1.64 bits per heavy atom. The van der Waals surface area contributed by atoms with Crippen molar-refractivity contribution in [2.45, 2.75) is 52.2 Å². The van der Waals surface area contributed by atoms with E-state index < -0.39 is 12.2 Å². The number of hydrogen-bond acceptors (Lipinski definition) is 2. The van der Waals surface area contributed by atoms with Crippen LogP contribution in [0, 0.1) is 5.92 Å². The van der Waals surface area contributed by atoms with Crippen molar-refractivity contribution in [2.24, 2.45) is 5.92 Å². The van der Waals surface area contributed by atoms with Crippen LogP contribution in [-0.4, -0.2) is 22.4 Å². The van der Waals surface area contributed by atoms with E-state index in [2.05, 4.69) is 0 Å². The van der Waals surface area contributed by atoms with Crippen LogP contribution in [0.2, 0.25) is 0 Å². The molecule has 2 N–H and O–H groups in total. The topological polar surface area (TPSA) is 40.5 Å². The van der Waals surface area contributed by atoms with Crippen LogP contribution in [0.25, 0.3) is 0 Å². The lowest BCUT2D eigenvalue weighted by Crippen LogP contribution is -2.26.